The average molecular weight is 374 g/mol. The Morgan fingerprint density at radius 2 is 1.44 bits per heavy atom. The van der Waals surface area contributed by atoms with Crippen LogP contribution in [-0.4, -0.2) is 72.1 Å². The van der Waals surface area contributed by atoms with Gasteiger partial charge in [0.15, 0.2) is 0 Å². The molecule has 1 aromatic heterocycles. The number of carbonyl (C=O) groups is 1. The minimum absolute atomic E-state index is 0.281. The van der Waals surface area contributed by atoms with Crippen molar-refractivity contribution in [3.05, 3.63) is 0 Å². The molecule has 3 heterocycles. The van der Waals surface area contributed by atoms with Crippen LogP contribution in [0.5, 0.6) is 6.01 Å². The van der Waals surface area contributed by atoms with E-state index < -0.39 is 0 Å². The molecule has 2 aliphatic heterocycles. The monoisotopic (exact) mass is 374 g/mol. The number of ether oxygens (including phenoxy) is 1. The van der Waals surface area contributed by atoms with Crippen LogP contribution in [-0.2, 0) is 4.79 Å². The molecule has 0 spiro atoms. The molecule has 1 amide bonds. The van der Waals surface area contributed by atoms with Gasteiger partial charge in [0.25, 0.3) is 0 Å². The first-order valence-electron chi connectivity index (χ1n) is 10.3. The van der Waals surface area contributed by atoms with E-state index in [9.17, 15) is 4.79 Å². The molecule has 1 saturated carbocycles. The summed E-state index contributed by atoms with van der Waals surface area (Å²) in [6.45, 7) is 5.13. The highest BCUT2D eigenvalue weighted by molar-refractivity contribution is 5.81. The first-order valence-corrected chi connectivity index (χ1v) is 10.3. The molecule has 3 aliphatic rings. The fraction of sp³-hybridized carbons (Fsp3) is 0.789. The third-order valence-electron chi connectivity index (χ3n) is 5.68. The maximum Gasteiger partial charge on any atom is 0.322 e. The third kappa shape index (κ3) is 4.42. The highest BCUT2D eigenvalue weighted by Crippen LogP contribution is 2.31. The van der Waals surface area contributed by atoms with Crippen LogP contribution in [0.25, 0.3) is 0 Å². The summed E-state index contributed by atoms with van der Waals surface area (Å²) >= 11 is 0. The van der Waals surface area contributed by atoms with Crippen LogP contribution in [0.2, 0.25) is 0 Å². The van der Waals surface area contributed by atoms with Crippen molar-refractivity contribution in [3.8, 4) is 6.01 Å². The molecule has 0 atom stereocenters. The van der Waals surface area contributed by atoms with Crippen LogP contribution in [0, 0.1) is 5.92 Å². The van der Waals surface area contributed by atoms with Gasteiger partial charge in [-0.3, -0.25) is 4.79 Å². The first-order chi connectivity index (χ1) is 13.2. The van der Waals surface area contributed by atoms with Gasteiger partial charge >= 0.3 is 6.01 Å². The van der Waals surface area contributed by atoms with E-state index in [1.165, 1.54) is 25.7 Å². The summed E-state index contributed by atoms with van der Waals surface area (Å²) in [4.78, 5) is 32.6. The van der Waals surface area contributed by atoms with Gasteiger partial charge in [0.1, 0.15) is 0 Å². The zero-order valence-corrected chi connectivity index (χ0v) is 16.3. The number of hydrogen-bond donors (Lipinski definition) is 0. The van der Waals surface area contributed by atoms with Crippen LogP contribution >= 0.6 is 0 Å². The lowest BCUT2D eigenvalue weighted by Crippen LogP contribution is -2.36. The largest absolute Gasteiger partial charge is 0.467 e. The molecule has 0 N–H and O–H groups in total. The molecule has 1 aromatic rings. The van der Waals surface area contributed by atoms with Crippen molar-refractivity contribution in [1.29, 1.82) is 0 Å². The van der Waals surface area contributed by atoms with Gasteiger partial charge in [-0.1, -0.05) is 12.8 Å². The standard InChI is InChI=1S/C19H30N6O2/c1-27-19-21-17(24-9-4-2-3-5-10-24)20-18(22-19)25-12-6-11-23(13-14-25)16(26)15-7-8-15/h15H,2-14H2,1H3. The van der Waals surface area contributed by atoms with Crippen LogP contribution in [0.15, 0.2) is 0 Å². The SMILES string of the molecule is COc1nc(N2CCCCCC2)nc(N2CCCN(C(=O)C3CC3)CC2)n1. The molecule has 148 valence electrons. The average Bonchev–Trinajstić information content (AvgIpc) is 3.55. The van der Waals surface area contributed by atoms with Gasteiger partial charge in [0.05, 0.1) is 7.11 Å². The van der Waals surface area contributed by atoms with Crippen LogP contribution in [0.1, 0.15) is 44.9 Å². The summed E-state index contributed by atoms with van der Waals surface area (Å²) < 4.78 is 5.36. The minimum atomic E-state index is 0.281. The molecule has 3 fully saturated rings. The number of nitrogens with zero attached hydrogens (tertiary/aromatic N) is 6. The maximum absolute atomic E-state index is 12.4. The molecule has 4 rings (SSSR count). The summed E-state index contributed by atoms with van der Waals surface area (Å²) in [6, 6.07) is 0.370. The van der Waals surface area contributed by atoms with Crippen molar-refractivity contribution >= 4 is 17.8 Å². The van der Waals surface area contributed by atoms with Crippen molar-refractivity contribution in [2.45, 2.75) is 44.9 Å². The Labute approximate surface area is 160 Å². The fourth-order valence-corrected chi connectivity index (χ4v) is 3.91. The Morgan fingerprint density at radius 1 is 0.815 bits per heavy atom. The Bertz CT molecular complexity index is 658. The van der Waals surface area contributed by atoms with E-state index in [4.69, 9.17) is 9.72 Å². The van der Waals surface area contributed by atoms with Crippen molar-refractivity contribution in [2.75, 3.05) is 56.2 Å². The van der Waals surface area contributed by atoms with Gasteiger partial charge in [-0.15, -0.1) is 0 Å². The molecule has 1 aliphatic carbocycles. The molecular weight excluding hydrogens is 344 g/mol. The van der Waals surface area contributed by atoms with Crippen LogP contribution in [0.3, 0.4) is 0 Å². The summed E-state index contributed by atoms with van der Waals surface area (Å²) in [7, 11) is 1.60. The minimum Gasteiger partial charge on any atom is -0.467 e. The molecule has 0 bridgehead atoms. The zero-order chi connectivity index (χ0) is 18.6. The second kappa shape index (κ2) is 8.27. The number of rotatable bonds is 4. The van der Waals surface area contributed by atoms with Crippen molar-refractivity contribution in [3.63, 3.8) is 0 Å². The Hall–Kier alpha value is -2.12. The number of aromatic nitrogens is 3. The topological polar surface area (TPSA) is 74.7 Å². The van der Waals surface area contributed by atoms with E-state index in [2.05, 4.69) is 19.8 Å². The Morgan fingerprint density at radius 3 is 2.07 bits per heavy atom. The number of carbonyl (C=O) groups excluding carboxylic acids is 1. The van der Waals surface area contributed by atoms with Gasteiger partial charge in [-0.05, 0) is 32.1 Å². The maximum atomic E-state index is 12.4. The second-order valence-corrected chi connectivity index (χ2v) is 7.76. The van der Waals surface area contributed by atoms with Gasteiger partial charge < -0.3 is 19.4 Å². The molecule has 0 aromatic carbocycles. The van der Waals surface area contributed by atoms with Gasteiger partial charge in [-0.25, -0.2) is 0 Å². The lowest BCUT2D eigenvalue weighted by molar-refractivity contribution is -0.132. The zero-order valence-electron chi connectivity index (χ0n) is 16.3. The lowest BCUT2D eigenvalue weighted by atomic mass is 10.2. The molecule has 8 nitrogen and oxygen atoms in total. The van der Waals surface area contributed by atoms with E-state index in [0.29, 0.717) is 23.8 Å². The quantitative estimate of drug-likeness (QED) is 0.794. The summed E-state index contributed by atoms with van der Waals surface area (Å²) in [5.74, 6) is 1.99. The van der Waals surface area contributed by atoms with Crippen LogP contribution in [0.4, 0.5) is 11.9 Å². The van der Waals surface area contributed by atoms with Crippen LogP contribution < -0.4 is 14.5 Å². The molecule has 0 radical (unpaired) electrons. The summed E-state index contributed by atoms with van der Waals surface area (Å²) in [5.41, 5.74) is 0. The smallest absolute Gasteiger partial charge is 0.322 e. The molecule has 8 heteroatoms. The summed E-state index contributed by atoms with van der Waals surface area (Å²) in [6.07, 6.45) is 7.93. The number of methoxy groups -OCH3 is 1. The number of anilines is 2. The second-order valence-electron chi connectivity index (χ2n) is 7.76. The highest BCUT2D eigenvalue weighted by Gasteiger charge is 2.34. The van der Waals surface area contributed by atoms with E-state index in [-0.39, 0.29) is 5.92 Å². The molecule has 27 heavy (non-hydrogen) atoms. The van der Waals surface area contributed by atoms with Gasteiger partial charge in [0, 0.05) is 45.2 Å². The fourth-order valence-electron chi connectivity index (χ4n) is 3.91. The number of amides is 1. The van der Waals surface area contributed by atoms with Gasteiger partial charge in [-0.2, -0.15) is 15.0 Å². The van der Waals surface area contributed by atoms with Gasteiger partial charge in [0.2, 0.25) is 17.8 Å². The van der Waals surface area contributed by atoms with Crippen molar-refractivity contribution in [1.82, 2.24) is 19.9 Å². The number of hydrogen-bond acceptors (Lipinski definition) is 7. The van der Waals surface area contributed by atoms with Crippen molar-refractivity contribution < 1.29 is 9.53 Å². The predicted molar refractivity (Wildman–Crippen MR) is 103 cm³/mol. The molecule has 0 unspecified atom stereocenters. The first kappa shape index (κ1) is 18.3. The van der Waals surface area contributed by atoms with E-state index in [1.54, 1.807) is 7.11 Å². The Kier molecular flexibility index (Phi) is 5.59. The van der Waals surface area contributed by atoms with Crippen molar-refractivity contribution in [2.24, 2.45) is 5.92 Å². The summed E-state index contributed by atoms with van der Waals surface area (Å²) in [5, 5.41) is 0. The van der Waals surface area contributed by atoms with E-state index >= 15 is 0 Å². The normalized spacial score (nSPS) is 21.6. The van der Waals surface area contributed by atoms with E-state index in [0.717, 1.165) is 58.5 Å². The predicted octanol–water partition coefficient (Wildman–Crippen LogP) is 1.71. The highest BCUT2D eigenvalue weighted by atomic mass is 16.5. The Balaban J connectivity index is 1.49. The third-order valence-corrected chi connectivity index (χ3v) is 5.68. The van der Waals surface area contributed by atoms with E-state index in [1.807, 2.05) is 4.90 Å². The molecule has 2 saturated heterocycles. The molecular formula is C19H30N6O2. The lowest BCUT2D eigenvalue weighted by Gasteiger charge is -2.25.